The first kappa shape index (κ1) is 10.5. The Morgan fingerprint density at radius 1 is 1.11 bits per heavy atom. The summed E-state index contributed by atoms with van der Waals surface area (Å²) >= 11 is 0. The molecule has 2 aromatic carbocycles. The number of H-pyrrole nitrogens is 1. The standard InChI is InChI=1S/C16H12N2O/c19-9-11-4-1-5-13-12(11)8-7-10-3-2-6-14-15(10)16(13)18-17-14/h1-6,9H,7-8H2,(H,17,18). The second-order valence-corrected chi connectivity index (χ2v) is 4.90. The zero-order chi connectivity index (χ0) is 12.8. The van der Waals surface area contributed by atoms with Gasteiger partial charge >= 0.3 is 0 Å². The van der Waals surface area contributed by atoms with Gasteiger partial charge in [-0.2, -0.15) is 5.10 Å². The lowest BCUT2D eigenvalue weighted by atomic mass is 9.97. The fourth-order valence-electron chi connectivity index (χ4n) is 3.02. The number of hydrogen-bond acceptors (Lipinski definition) is 2. The SMILES string of the molecule is O=Cc1cccc2c1CCc1cccc3[nH]nc-2c13. The number of hydrogen-bond donors (Lipinski definition) is 1. The molecule has 3 nitrogen and oxygen atoms in total. The van der Waals surface area contributed by atoms with Crippen molar-refractivity contribution in [3.05, 3.63) is 53.1 Å². The van der Waals surface area contributed by atoms with E-state index >= 15 is 0 Å². The molecule has 1 aromatic heterocycles. The fourth-order valence-corrected chi connectivity index (χ4v) is 3.02. The van der Waals surface area contributed by atoms with Gasteiger partial charge in [-0.1, -0.05) is 30.3 Å². The van der Waals surface area contributed by atoms with Crippen LogP contribution in [0.25, 0.3) is 22.2 Å². The molecule has 4 rings (SSSR count). The summed E-state index contributed by atoms with van der Waals surface area (Å²) in [7, 11) is 0. The van der Waals surface area contributed by atoms with Crippen LogP contribution in [0, 0.1) is 0 Å². The van der Waals surface area contributed by atoms with Crippen molar-refractivity contribution in [2.75, 3.05) is 0 Å². The van der Waals surface area contributed by atoms with Crippen molar-refractivity contribution in [2.45, 2.75) is 12.8 Å². The molecule has 0 fully saturated rings. The van der Waals surface area contributed by atoms with Crippen LogP contribution in [-0.4, -0.2) is 16.5 Å². The summed E-state index contributed by atoms with van der Waals surface area (Å²) in [5.41, 5.74) is 6.32. The van der Waals surface area contributed by atoms with Crippen LogP contribution >= 0.6 is 0 Å². The molecule has 3 heteroatoms. The van der Waals surface area contributed by atoms with E-state index in [0.29, 0.717) is 0 Å². The summed E-state index contributed by atoms with van der Waals surface area (Å²) in [5, 5.41) is 8.75. The number of benzene rings is 2. The zero-order valence-electron chi connectivity index (χ0n) is 10.3. The van der Waals surface area contributed by atoms with E-state index in [1.165, 1.54) is 10.9 Å². The third-order valence-corrected chi connectivity index (χ3v) is 3.91. The minimum atomic E-state index is 0.779. The number of nitrogens with zero attached hydrogens (tertiary/aromatic N) is 1. The predicted molar refractivity (Wildman–Crippen MR) is 74.3 cm³/mol. The maximum absolute atomic E-state index is 11.2. The predicted octanol–water partition coefficient (Wildman–Crippen LogP) is 3.14. The molecule has 92 valence electrons. The molecule has 0 unspecified atom stereocenters. The highest BCUT2D eigenvalue weighted by Gasteiger charge is 2.20. The van der Waals surface area contributed by atoms with Crippen LogP contribution in [0.4, 0.5) is 0 Å². The molecular weight excluding hydrogens is 236 g/mol. The van der Waals surface area contributed by atoms with E-state index in [9.17, 15) is 4.79 Å². The Morgan fingerprint density at radius 3 is 2.89 bits per heavy atom. The minimum Gasteiger partial charge on any atom is -0.298 e. The van der Waals surface area contributed by atoms with E-state index in [1.54, 1.807) is 0 Å². The number of fused-ring (bicyclic) bond motifs is 2. The second-order valence-electron chi connectivity index (χ2n) is 4.90. The summed E-state index contributed by atoms with van der Waals surface area (Å²) < 4.78 is 0. The Balaban J connectivity index is 2.12. The second kappa shape index (κ2) is 3.79. The van der Waals surface area contributed by atoms with Gasteiger partial charge in [-0.05, 0) is 30.0 Å². The topological polar surface area (TPSA) is 45.8 Å². The van der Waals surface area contributed by atoms with Gasteiger partial charge in [0.25, 0.3) is 0 Å². The molecule has 19 heavy (non-hydrogen) atoms. The van der Waals surface area contributed by atoms with E-state index < -0.39 is 0 Å². The Labute approximate surface area is 110 Å². The van der Waals surface area contributed by atoms with Crippen molar-refractivity contribution in [1.82, 2.24) is 10.2 Å². The van der Waals surface area contributed by atoms with Crippen LogP contribution < -0.4 is 0 Å². The smallest absolute Gasteiger partial charge is 0.150 e. The lowest BCUT2D eigenvalue weighted by molar-refractivity contribution is 0.112. The number of nitrogens with one attached hydrogen (secondary N) is 1. The molecule has 1 aliphatic carbocycles. The number of aromatic amines is 1. The lowest BCUT2D eigenvalue weighted by Gasteiger charge is -2.07. The monoisotopic (exact) mass is 248 g/mol. The first-order valence-corrected chi connectivity index (χ1v) is 6.42. The van der Waals surface area contributed by atoms with Gasteiger partial charge in [-0.25, -0.2) is 0 Å². The van der Waals surface area contributed by atoms with Crippen molar-refractivity contribution < 1.29 is 4.79 Å². The highest BCUT2D eigenvalue weighted by atomic mass is 16.1. The van der Waals surface area contributed by atoms with Gasteiger partial charge in [-0.15, -0.1) is 0 Å². The Hall–Kier alpha value is -2.42. The molecule has 0 amide bonds. The van der Waals surface area contributed by atoms with Crippen molar-refractivity contribution in [1.29, 1.82) is 0 Å². The maximum atomic E-state index is 11.2. The normalized spacial score (nSPS) is 13.1. The molecule has 0 saturated heterocycles. The average molecular weight is 248 g/mol. The summed E-state index contributed by atoms with van der Waals surface area (Å²) in [4.78, 5) is 11.2. The molecule has 0 bridgehead atoms. The van der Waals surface area contributed by atoms with Crippen LogP contribution in [0.5, 0.6) is 0 Å². The van der Waals surface area contributed by atoms with E-state index in [4.69, 9.17) is 0 Å². The maximum Gasteiger partial charge on any atom is 0.150 e. The first-order valence-electron chi connectivity index (χ1n) is 6.42. The molecule has 1 aliphatic rings. The van der Waals surface area contributed by atoms with Crippen molar-refractivity contribution in [3.8, 4) is 11.3 Å². The third kappa shape index (κ3) is 1.38. The summed E-state index contributed by atoms with van der Waals surface area (Å²) in [6, 6.07) is 12.1. The van der Waals surface area contributed by atoms with Crippen LogP contribution in [0.2, 0.25) is 0 Å². The molecule has 1 N–H and O–H groups in total. The van der Waals surface area contributed by atoms with Crippen LogP contribution in [-0.2, 0) is 12.8 Å². The molecule has 0 spiro atoms. The van der Waals surface area contributed by atoms with Crippen molar-refractivity contribution in [3.63, 3.8) is 0 Å². The molecular formula is C16H12N2O. The number of carbonyl (C=O) groups excluding carboxylic acids is 1. The molecule has 0 aliphatic heterocycles. The third-order valence-electron chi connectivity index (χ3n) is 3.91. The van der Waals surface area contributed by atoms with Gasteiger partial charge in [0.05, 0.1) is 5.52 Å². The van der Waals surface area contributed by atoms with Crippen LogP contribution in [0.3, 0.4) is 0 Å². The van der Waals surface area contributed by atoms with Gasteiger partial charge in [0.2, 0.25) is 0 Å². The van der Waals surface area contributed by atoms with Crippen LogP contribution in [0.1, 0.15) is 21.5 Å². The van der Waals surface area contributed by atoms with E-state index in [-0.39, 0.29) is 0 Å². The molecule has 0 radical (unpaired) electrons. The lowest BCUT2D eigenvalue weighted by Crippen LogP contribution is -1.97. The van der Waals surface area contributed by atoms with Gasteiger partial charge in [0.1, 0.15) is 12.0 Å². The van der Waals surface area contributed by atoms with E-state index in [0.717, 1.165) is 47.0 Å². The Morgan fingerprint density at radius 2 is 2.00 bits per heavy atom. The Kier molecular flexibility index (Phi) is 2.09. The number of rotatable bonds is 1. The van der Waals surface area contributed by atoms with Gasteiger partial charge in [0.15, 0.2) is 0 Å². The molecule has 0 saturated carbocycles. The molecule has 0 atom stereocenters. The highest BCUT2D eigenvalue weighted by molar-refractivity contribution is 5.98. The van der Waals surface area contributed by atoms with Gasteiger partial charge in [0, 0.05) is 16.5 Å². The molecule has 1 heterocycles. The van der Waals surface area contributed by atoms with Gasteiger partial charge in [-0.3, -0.25) is 9.89 Å². The number of aldehydes is 1. The minimum absolute atomic E-state index is 0.779. The largest absolute Gasteiger partial charge is 0.298 e. The summed E-state index contributed by atoms with van der Waals surface area (Å²) in [5.74, 6) is 0. The fraction of sp³-hybridized carbons (Fsp3) is 0.125. The summed E-state index contributed by atoms with van der Waals surface area (Å²) in [6.45, 7) is 0. The van der Waals surface area contributed by atoms with E-state index in [2.05, 4.69) is 28.4 Å². The first-order chi connectivity index (χ1) is 9.38. The van der Waals surface area contributed by atoms with Crippen molar-refractivity contribution in [2.24, 2.45) is 0 Å². The zero-order valence-corrected chi connectivity index (χ0v) is 10.3. The summed E-state index contributed by atoms with van der Waals surface area (Å²) in [6.07, 6.45) is 2.78. The van der Waals surface area contributed by atoms with Gasteiger partial charge < -0.3 is 0 Å². The van der Waals surface area contributed by atoms with E-state index in [1.807, 2.05) is 18.2 Å². The molecule has 3 aromatic rings. The highest BCUT2D eigenvalue weighted by Crippen LogP contribution is 2.36. The number of carbonyl (C=O) groups is 1. The number of aryl methyl sites for hydroxylation is 1. The van der Waals surface area contributed by atoms with Crippen molar-refractivity contribution >= 4 is 17.2 Å². The quantitative estimate of drug-likeness (QED) is 0.672. The average Bonchev–Trinajstić information content (AvgIpc) is 2.81. The van der Waals surface area contributed by atoms with Crippen LogP contribution in [0.15, 0.2) is 36.4 Å². The Bertz CT molecular complexity index is 802. The number of aromatic nitrogens is 2.